The van der Waals surface area contributed by atoms with E-state index in [2.05, 4.69) is 20.4 Å². The number of phenols is 1. The molecule has 138 valence electrons. The van der Waals surface area contributed by atoms with Crippen molar-refractivity contribution in [1.82, 2.24) is 15.5 Å². The second kappa shape index (κ2) is 8.71. The molecule has 0 saturated carbocycles. The Morgan fingerprint density at radius 3 is 2.24 bits per heavy atom. The summed E-state index contributed by atoms with van der Waals surface area (Å²) in [6, 6.07) is 6.33. The fraction of sp³-hybridized carbons (Fsp3) is 0.556. The molecule has 1 fully saturated rings. The van der Waals surface area contributed by atoms with E-state index in [1.807, 2.05) is 32.9 Å². The van der Waals surface area contributed by atoms with Crippen molar-refractivity contribution in [1.29, 1.82) is 0 Å². The molecule has 3 N–H and O–H groups in total. The minimum atomic E-state index is -0.437. The van der Waals surface area contributed by atoms with Crippen LogP contribution in [0.25, 0.3) is 0 Å². The summed E-state index contributed by atoms with van der Waals surface area (Å²) < 4.78 is 0. The zero-order valence-corrected chi connectivity index (χ0v) is 15.2. The van der Waals surface area contributed by atoms with Crippen molar-refractivity contribution < 1.29 is 14.7 Å². The highest BCUT2D eigenvalue weighted by Crippen LogP contribution is 2.20. The average Bonchev–Trinajstić information content (AvgIpc) is 2.60. The summed E-state index contributed by atoms with van der Waals surface area (Å²) in [6.45, 7) is 9.42. The molecule has 1 aromatic rings. The monoisotopic (exact) mass is 348 g/mol. The largest absolute Gasteiger partial charge is 0.508 e. The SMILES string of the molecule is CC(C)CNC(=O)NC(=O)C(C)N1CCN(c2ccc(O)cc2)CC1. The maximum Gasteiger partial charge on any atom is 0.321 e. The number of nitrogens with one attached hydrogen (secondary N) is 2. The van der Waals surface area contributed by atoms with Crippen molar-refractivity contribution in [2.24, 2.45) is 5.92 Å². The van der Waals surface area contributed by atoms with Gasteiger partial charge in [0.15, 0.2) is 0 Å². The predicted molar refractivity (Wildman–Crippen MR) is 97.7 cm³/mol. The third-order valence-electron chi connectivity index (χ3n) is 4.36. The molecule has 0 aromatic heterocycles. The Kier molecular flexibility index (Phi) is 6.64. The lowest BCUT2D eigenvalue weighted by atomic mass is 10.2. The molecule has 0 radical (unpaired) electrons. The van der Waals surface area contributed by atoms with E-state index in [0.29, 0.717) is 12.5 Å². The van der Waals surface area contributed by atoms with Crippen molar-refractivity contribution in [3.05, 3.63) is 24.3 Å². The van der Waals surface area contributed by atoms with Crippen molar-refractivity contribution in [2.45, 2.75) is 26.8 Å². The third kappa shape index (κ3) is 5.63. The zero-order chi connectivity index (χ0) is 18.4. The molecule has 1 atom stereocenters. The molecule has 1 saturated heterocycles. The van der Waals surface area contributed by atoms with Gasteiger partial charge in [-0.25, -0.2) is 4.79 Å². The topological polar surface area (TPSA) is 84.9 Å². The van der Waals surface area contributed by atoms with Crippen LogP contribution in [0.15, 0.2) is 24.3 Å². The summed E-state index contributed by atoms with van der Waals surface area (Å²) in [5.41, 5.74) is 1.06. The van der Waals surface area contributed by atoms with Crippen LogP contribution in [0.5, 0.6) is 5.75 Å². The number of urea groups is 1. The van der Waals surface area contributed by atoms with Gasteiger partial charge in [0.05, 0.1) is 6.04 Å². The molecule has 2 rings (SSSR count). The Morgan fingerprint density at radius 2 is 1.68 bits per heavy atom. The van der Waals surface area contributed by atoms with Gasteiger partial charge in [0, 0.05) is 38.4 Å². The minimum Gasteiger partial charge on any atom is -0.508 e. The quantitative estimate of drug-likeness (QED) is 0.749. The number of imide groups is 1. The molecule has 1 unspecified atom stereocenters. The number of hydrogen-bond acceptors (Lipinski definition) is 5. The second-order valence-electron chi connectivity index (χ2n) is 6.81. The maximum atomic E-state index is 12.2. The molecule has 0 aliphatic carbocycles. The first-order valence-corrected chi connectivity index (χ1v) is 8.73. The van der Waals surface area contributed by atoms with E-state index in [1.165, 1.54) is 0 Å². The van der Waals surface area contributed by atoms with Crippen LogP contribution in [0.1, 0.15) is 20.8 Å². The highest BCUT2D eigenvalue weighted by atomic mass is 16.3. The summed E-state index contributed by atoms with van der Waals surface area (Å²) in [7, 11) is 0. The van der Waals surface area contributed by atoms with Gasteiger partial charge >= 0.3 is 6.03 Å². The van der Waals surface area contributed by atoms with Crippen molar-refractivity contribution in [3.63, 3.8) is 0 Å². The number of amides is 3. The number of anilines is 1. The fourth-order valence-electron chi connectivity index (χ4n) is 2.75. The van der Waals surface area contributed by atoms with Crippen molar-refractivity contribution in [3.8, 4) is 5.75 Å². The molecular formula is C18H28N4O3. The first kappa shape index (κ1) is 19.1. The number of rotatable bonds is 5. The Bertz CT molecular complexity index is 580. The van der Waals surface area contributed by atoms with Crippen molar-refractivity contribution >= 4 is 17.6 Å². The van der Waals surface area contributed by atoms with Gasteiger partial charge in [-0.05, 0) is 37.1 Å². The van der Waals surface area contributed by atoms with Crippen LogP contribution in [0, 0.1) is 5.92 Å². The summed E-state index contributed by atoms with van der Waals surface area (Å²) in [5, 5.41) is 14.5. The molecule has 25 heavy (non-hydrogen) atoms. The van der Waals surface area contributed by atoms with E-state index >= 15 is 0 Å². The number of hydrogen-bond donors (Lipinski definition) is 3. The highest BCUT2D eigenvalue weighted by Gasteiger charge is 2.26. The molecule has 1 aliphatic heterocycles. The van der Waals surface area contributed by atoms with E-state index in [9.17, 15) is 14.7 Å². The van der Waals surface area contributed by atoms with Crippen LogP contribution < -0.4 is 15.5 Å². The lowest BCUT2D eigenvalue weighted by molar-refractivity contribution is -0.124. The number of carbonyl (C=O) groups excluding carboxylic acids is 2. The number of phenolic OH excluding ortho intramolecular Hbond substituents is 1. The van der Waals surface area contributed by atoms with Crippen LogP contribution >= 0.6 is 0 Å². The highest BCUT2D eigenvalue weighted by molar-refractivity contribution is 5.96. The van der Waals surface area contributed by atoms with Crippen LogP contribution in [0.2, 0.25) is 0 Å². The van der Waals surface area contributed by atoms with Gasteiger partial charge < -0.3 is 15.3 Å². The van der Waals surface area contributed by atoms with Gasteiger partial charge in [0.25, 0.3) is 0 Å². The normalized spacial score (nSPS) is 16.6. The van der Waals surface area contributed by atoms with Gasteiger partial charge in [-0.3, -0.25) is 15.0 Å². The lowest BCUT2D eigenvalue weighted by Crippen LogP contribution is -2.55. The fourth-order valence-corrected chi connectivity index (χ4v) is 2.75. The molecule has 1 aromatic carbocycles. The van der Waals surface area contributed by atoms with E-state index in [0.717, 1.165) is 31.9 Å². The number of benzene rings is 1. The smallest absolute Gasteiger partial charge is 0.321 e. The molecule has 0 bridgehead atoms. The third-order valence-corrected chi connectivity index (χ3v) is 4.36. The predicted octanol–water partition coefficient (Wildman–Crippen LogP) is 1.38. The zero-order valence-electron chi connectivity index (χ0n) is 15.2. The molecule has 1 aliphatic rings. The summed E-state index contributed by atoms with van der Waals surface area (Å²) in [5.74, 6) is 0.314. The number of nitrogens with zero attached hydrogens (tertiary/aromatic N) is 2. The number of piperazine rings is 1. The van der Waals surface area contributed by atoms with E-state index in [-0.39, 0.29) is 17.7 Å². The molecular weight excluding hydrogens is 320 g/mol. The van der Waals surface area contributed by atoms with Crippen molar-refractivity contribution in [2.75, 3.05) is 37.6 Å². The van der Waals surface area contributed by atoms with E-state index in [1.54, 1.807) is 12.1 Å². The standard InChI is InChI=1S/C18H28N4O3/c1-13(2)12-19-18(25)20-17(24)14(3)21-8-10-22(11-9-21)15-4-6-16(23)7-5-15/h4-7,13-14,23H,8-12H2,1-3H3,(H2,19,20,24,25). The Balaban J connectivity index is 1.80. The van der Waals surface area contributed by atoms with E-state index in [4.69, 9.17) is 0 Å². The van der Waals surface area contributed by atoms with Crippen LogP contribution in [-0.4, -0.2) is 60.7 Å². The number of carbonyl (C=O) groups is 2. The summed E-state index contributed by atoms with van der Waals surface area (Å²) in [6.07, 6.45) is 0. The minimum absolute atomic E-state index is 0.253. The van der Waals surface area contributed by atoms with E-state index < -0.39 is 6.03 Å². The molecule has 7 heteroatoms. The summed E-state index contributed by atoms with van der Waals surface area (Å²) >= 11 is 0. The summed E-state index contributed by atoms with van der Waals surface area (Å²) in [4.78, 5) is 28.2. The number of aromatic hydroxyl groups is 1. The average molecular weight is 348 g/mol. The second-order valence-corrected chi connectivity index (χ2v) is 6.81. The molecule has 0 spiro atoms. The van der Waals surface area contributed by atoms with Crippen LogP contribution in [-0.2, 0) is 4.79 Å². The van der Waals surface area contributed by atoms with Gasteiger partial charge in [0.1, 0.15) is 5.75 Å². The van der Waals surface area contributed by atoms with Gasteiger partial charge in [-0.1, -0.05) is 13.8 Å². The first-order valence-electron chi connectivity index (χ1n) is 8.73. The Hall–Kier alpha value is -2.28. The lowest BCUT2D eigenvalue weighted by Gasteiger charge is -2.38. The molecule has 7 nitrogen and oxygen atoms in total. The van der Waals surface area contributed by atoms with Crippen LogP contribution in [0.4, 0.5) is 10.5 Å². The van der Waals surface area contributed by atoms with Gasteiger partial charge in [-0.2, -0.15) is 0 Å². The maximum absolute atomic E-state index is 12.2. The molecule has 1 heterocycles. The van der Waals surface area contributed by atoms with Gasteiger partial charge in [0.2, 0.25) is 5.91 Å². The Morgan fingerprint density at radius 1 is 1.08 bits per heavy atom. The molecule has 3 amide bonds. The van der Waals surface area contributed by atoms with Gasteiger partial charge in [-0.15, -0.1) is 0 Å². The first-order chi connectivity index (χ1) is 11.9. The van der Waals surface area contributed by atoms with Crippen LogP contribution in [0.3, 0.4) is 0 Å². The Labute approximate surface area is 149 Å².